The lowest BCUT2D eigenvalue weighted by atomic mass is 9.90. The fraction of sp³-hybridized carbons (Fsp3) is 0.606. The molecule has 0 spiro atoms. The predicted molar refractivity (Wildman–Crippen MR) is 173 cm³/mol. The van der Waals surface area contributed by atoms with Gasteiger partial charge in [0.2, 0.25) is 0 Å². The molecule has 1 aromatic rings. The van der Waals surface area contributed by atoms with Crippen LogP contribution in [0.25, 0.3) is 5.70 Å². The minimum Gasteiger partial charge on any atom is -0.402 e. The zero-order chi connectivity index (χ0) is 29.1. The van der Waals surface area contributed by atoms with Crippen LogP contribution in [-0.2, 0) is 0 Å². The van der Waals surface area contributed by atoms with Crippen LogP contribution in [0.5, 0.6) is 0 Å². The third-order valence-electron chi connectivity index (χ3n) is 6.97. The fourth-order valence-corrected chi connectivity index (χ4v) is 5.20. The van der Waals surface area contributed by atoms with Gasteiger partial charge in [-0.3, -0.25) is 0 Å². The van der Waals surface area contributed by atoms with Gasteiger partial charge in [-0.25, -0.2) is 4.98 Å². The first-order chi connectivity index (χ1) is 18.1. The van der Waals surface area contributed by atoms with E-state index in [9.17, 15) is 0 Å². The second-order valence-electron chi connectivity index (χ2n) is 10.8. The Balaban J connectivity index is 0.00000208. The Hall–Kier alpha value is -2.11. The van der Waals surface area contributed by atoms with E-state index in [4.69, 9.17) is 16.5 Å². The van der Waals surface area contributed by atoms with Gasteiger partial charge < -0.3 is 16.8 Å². The average Bonchev–Trinajstić information content (AvgIpc) is 3.37. The summed E-state index contributed by atoms with van der Waals surface area (Å²) in [6.07, 6.45) is 16.7. The molecular formula is C33H58N4S. The number of allylic oxidation sites excluding steroid dienone is 5. The number of nitrogens with two attached hydrogens (primary N) is 2. The summed E-state index contributed by atoms with van der Waals surface area (Å²) in [7, 11) is 0. The molecule has 38 heavy (non-hydrogen) atoms. The van der Waals surface area contributed by atoms with E-state index in [0.717, 1.165) is 60.1 Å². The topological polar surface area (TPSA) is 77.0 Å². The Kier molecular flexibility index (Phi) is 19.6. The van der Waals surface area contributed by atoms with Crippen molar-refractivity contribution in [3.8, 4) is 0 Å². The zero-order valence-electron chi connectivity index (χ0n) is 25.6. The van der Waals surface area contributed by atoms with Crippen molar-refractivity contribution in [1.82, 2.24) is 10.3 Å². The number of nitrogens with one attached hydrogen (secondary N) is 1. The van der Waals surface area contributed by atoms with Crippen molar-refractivity contribution in [2.45, 2.75) is 118 Å². The highest BCUT2D eigenvalue weighted by Gasteiger charge is 2.20. The molecular weight excluding hydrogens is 484 g/mol. The monoisotopic (exact) mass is 542 g/mol. The molecule has 1 aromatic heterocycles. The van der Waals surface area contributed by atoms with Gasteiger partial charge in [0.05, 0.1) is 16.4 Å². The number of aromatic nitrogens is 1. The second kappa shape index (κ2) is 20.8. The SMILES string of the molecule is C=C(NC(CCC(CC)CC)CC1=CC=C(N)CC1)c1csc(C(C)CC(N)C(C)C)n1.C=CC.C=CC. The molecule has 2 rings (SSSR count). The Bertz CT molecular complexity index is 854. The van der Waals surface area contributed by atoms with Crippen LogP contribution in [0.3, 0.4) is 0 Å². The van der Waals surface area contributed by atoms with Gasteiger partial charge in [0.15, 0.2) is 0 Å². The first kappa shape index (κ1) is 35.9. The summed E-state index contributed by atoms with van der Waals surface area (Å²) in [5, 5.41) is 7.04. The van der Waals surface area contributed by atoms with Crippen LogP contribution in [0.2, 0.25) is 0 Å². The minimum absolute atomic E-state index is 0.208. The van der Waals surface area contributed by atoms with Gasteiger partial charge in [-0.05, 0) is 70.3 Å². The van der Waals surface area contributed by atoms with Crippen molar-refractivity contribution < 1.29 is 0 Å². The van der Waals surface area contributed by atoms with Crippen LogP contribution in [0, 0.1) is 11.8 Å². The summed E-state index contributed by atoms with van der Waals surface area (Å²) in [5.41, 5.74) is 16.6. The number of hydrogen-bond donors (Lipinski definition) is 3. The maximum atomic E-state index is 6.30. The van der Waals surface area contributed by atoms with Crippen molar-refractivity contribution >= 4 is 17.0 Å². The van der Waals surface area contributed by atoms with Crippen molar-refractivity contribution in [2.75, 3.05) is 0 Å². The highest BCUT2D eigenvalue weighted by atomic mass is 32.1. The van der Waals surface area contributed by atoms with Gasteiger partial charge in [-0.15, -0.1) is 24.5 Å². The minimum atomic E-state index is 0.208. The lowest BCUT2D eigenvalue weighted by Crippen LogP contribution is -2.29. The Morgan fingerprint density at radius 1 is 1.08 bits per heavy atom. The molecule has 1 aliphatic rings. The molecule has 0 aliphatic heterocycles. The Morgan fingerprint density at radius 3 is 2.18 bits per heavy atom. The highest BCUT2D eigenvalue weighted by molar-refractivity contribution is 7.09. The summed E-state index contributed by atoms with van der Waals surface area (Å²) >= 11 is 1.73. The van der Waals surface area contributed by atoms with Crippen molar-refractivity contribution in [1.29, 1.82) is 0 Å². The Labute approximate surface area is 239 Å². The van der Waals surface area contributed by atoms with Crippen LogP contribution < -0.4 is 16.8 Å². The van der Waals surface area contributed by atoms with Crippen LogP contribution in [0.1, 0.15) is 116 Å². The molecule has 1 aliphatic carbocycles. The van der Waals surface area contributed by atoms with E-state index in [1.54, 1.807) is 23.5 Å². The molecule has 0 bridgehead atoms. The quantitative estimate of drug-likeness (QED) is 0.205. The Morgan fingerprint density at radius 2 is 1.68 bits per heavy atom. The molecule has 5 N–H and O–H groups in total. The second-order valence-corrected chi connectivity index (χ2v) is 11.7. The van der Waals surface area contributed by atoms with E-state index in [0.29, 0.717) is 17.9 Å². The number of rotatable bonds is 14. The third-order valence-corrected chi connectivity index (χ3v) is 8.04. The standard InChI is InChI=1S/C27H46N4S.2C3H6/c1-7-21(8-2)11-14-24(16-22-9-12-23(28)13-10-22)30-20(6)26-17-32-27(31-26)19(5)15-25(29)18(3)4;2*1-3-2/h9,12,17-19,21,24-25,30H,6-8,10-11,13-16,28-29H2,1-5H3;2*3H,1H2,2H3. The lowest BCUT2D eigenvalue weighted by Gasteiger charge is -2.25. The van der Waals surface area contributed by atoms with Crippen LogP contribution in [0.4, 0.5) is 0 Å². The maximum Gasteiger partial charge on any atom is 0.0967 e. The summed E-state index contributed by atoms with van der Waals surface area (Å²) in [6.45, 7) is 26.1. The maximum absolute atomic E-state index is 6.30. The van der Waals surface area contributed by atoms with Gasteiger partial charge in [0.25, 0.3) is 0 Å². The summed E-state index contributed by atoms with van der Waals surface area (Å²) in [6, 6.07) is 0.582. The highest BCUT2D eigenvalue weighted by Crippen LogP contribution is 2.29. The molecule has 0 radical (unpaired) electrons. The number of thiazole rings is 1. The van der Waals surface area contributed by atoms with Gasteiger partial charge in [-0.1, -0.05) is 77.8 Å². The first-order valence-electron chi connectivity index (χ1n) is 14.5. The smallest absolute Gasteiger partial charge is 0.0967 e. The molecule has 0 fully saturated rings. The molecule has 0 saturated heterocycles. The molecule has 4 nitrogen and oxygen atoms in total. The van der Waals surface area contributed by atoms with Crippen molar-refractivity contribution in [2.24, 2.45) is 23.3 Å². The molecule has 3 unspecified atom stereocenters. The van der Waals surface area contributed by atoms with Crippen LogP contribution in [0.15, 0.2) is 60.7 Å². The van der Waals surface area contributed by atoms with E-state index in [2.05, 4.69) is 77.2 Å². The molecule has 0 amide bonds. The molecule has 3 atom stereocenters. The van der Waals surface area contributed by atoms with E-state index in [1.165, 1.54) is 24.8 Å². The van der Waals surface area contributed by atoms with Gasteiger partial charge in [-0.2, -0.15) is 0 Å². The third kappa shape index (κ3) is 14.7. The number of nitrogens with zero attached hydrogens (tertiary/aromatic N) is 1. The average molecular weight is 543 g/mol. The van der Waals surface area contributed by atoms with Gasteiger partial charge >= 0.3 is 0 Å². The van der Waals surface area contributed by atoms with Crippen LogP contribution >= 0.6 is 11.3 Å². The molecule has 1 heterocycles. The van der Waals surface area contributed by atoms with E-state index >= 15 is 0 Å². The number of hydrogen-bond acceptors (Lipinski definition) is 5. The summed E-state index contributed by atoms with van der Waals surface area (Å²) in [5.74, 6) is 1.65. The predicted octanol–water partition coefficient (Wildman–Crippen LogP) is 9.10. The van der Waals surface area contributed by atoms with Crippen molar-refractivity contribution in [3.05, 3.63) is 71.4 Å². The normalized spacial score (nSPS) is 15.1. The zero-order valence-corrected chi connectivity index (χ0v) is 26.4. The summed E-state index contributed by atoms with van der Waals surface area (Å²) in [4.78, 5) is 4.92. The molecule has 0 aromatic carbocycles. The lowest BCUT2D eigenvalue weighted by molar-refractivity contribution is 0.399. The van der Waals surface area contributed by atoms with Gasteiger partial charge in [0.1, 0.15) is 0 Å². The van der Waals surface area contributed by atoms with E-state index in [1.807, 2.05) is 13.8 Å². The fourth-order valence-electron chi connectivity index (χ4n) is 4.30. The van der Waals surface area contributed by atoms with Crippen LogP contribution in [-0.4, -0.2) is 17.1 Å². The van der Waals surface area contributed by atoms with Crippen molar-refractivity contribution in [3.63, 3.8) is 0 Å². The molecule has 0 saturated carbocycles. The molecule has 216 valence electrons. The summed E-state index contributed by atoms with van der Waals surface area (Å²) < 4.78 is 0. The first-order valence-corrected chi connectivity index (χ1v) is 15.4. The van der Waals surface area contributed by atoms with E-state index in [-0.39, 0.29) is 6.04 Å². The van der Waals surface area contributed by atoms with Gasteiger partial charge in [0, 0.05) is 29.1 Å². The molecule has 5 heteroatoms. The van der Waals surface area contributed by atoms with E-state index < -0.39 is 0 Å². The largest absolute Gasteiger partial charge is 0.402 e.